The summed E-state index contributed by atoms with van der Waals surface area (Å²) in [5.74, 6) is 0.389. The lowest BCUT2D eigenvalue weighted by Gasteiger charge is -2.13. The highest BCUT2D eigenvalue weighted by atomic mass is 19.1. The molecule has 15 heavy (non-hydrogen) atoms. The Morgan fingerprint density at radius 3 is 3.07 bits per heavy atom. The molecule has 1 unspecified atom stereocenters. The maximum atomic E-state index is 13.4. The minimum Gasteiger partial charge on any atom is -0.497 e. The molecule has 0 aromatic heterocycles. The highest BCUT2D eigenvalue weighted by molar-refractivity contribution is 5.50. The third-order valence-corrected chi connectivity index (χ3v) is 2.46. The lowest BCUT2D eigenvalue weighted by Crippen LogP contribution is -2.19. The van der Waals surface area contributed by atoms with Gasteiger partial charge in [-0.25, -0.2) is 4.39 Å². The van der Waals surface area contributed by atoms with Gasteiger partial charge in [0.2, 0.25) is 0 Å². The normalized spacial score (nSPS) is 20.3. The number of ether oxygens (including phenoxy) is 2. The molecule has 1 heterocycles. The van der Waals surface area contributed by atoms with Crippen molar-refractivity contribution in [3.63, 3.8) is 0 Å². The maximum absolute atomic E-state index is 13.4. The van der Waals surface area contributed by atoms with Crippen molar-refractivity contribution >= 4 is 5.69 Å². The van der Waals surface area contributed by atoms with Crippen molar-refractivity contribution in [1.82, 2.24) is 0 Å². The van der Waals surface area contributed by atoms with Crippen LogP contribution in [0.1, 0.15) is 6.42 Å². The monoisotopic (exact) mass is 211 g/mol. The summed E-state index contributed by atoms with van der Waals surface area (Å²) in [5.41, 5.74) is 0.477. The molecule has 1 fully saturated rings. The van der Waals surface area contributed by atoms with Gasteiger partial charge in [0.05, 0.1) is 25.4 Å². The average Bonchev–Trinajstić information content (AvgIpc) is 2.74. The summed E-state index contributed by atoms with van der Waals surface area (Å²) in [5, 5.41) is 3.10. The van der Waals surface area contributed by atoms with E-state index in [0.29, 0.717) is 18.0 Å². The van der Waals surface area contributed by atoms with E-state index in [4.69, 9.17) is 9.47 Å². The summed E-state index contributed by atoms with van der Waals surface area (Å²) in [6, 6.07) is 4.86. The molecule has 3 nitrogen and oxygen atoms in total. The van der Waals surface area contributed by atoms with Crippen LogP contribution in [0.5, 0.6) is 5.75 Å². The quantitative estimate of drug-likeness (QED) is 0.829. The Kier molecular flexibility index (Phi) is 3.06. The van der Waals surface area contributed by atoms with E-state index in [9.17, 15) is 4.39 Å². The molecule has 1 aliphatic rings. The second-order valence-electron chi connectivity index (χ2n) is 3.55. The number of nitrogens with one attached hydrogen (secondary N) is 1. The fourth-order valence-electron chi connectivity index (χ4n) is 1.61. The van der Waals surface area contributed by atoms with E-state index >= 15 is 0 Å². The van der Waals surface area contributed by atoms with Crippen molar-refractivity contribution in [2.24, 2.45) is 0 Å². The van der Waals surface area contributed by atoms with Crippen molar-refractivity contribution in [3.05, 3.63) is 24.0 Å². The van der Waals surface area contributed by atoms with Crippen molar-refractivity contribution in [3.8, 4) is 5.75 Å². The molecule has 1 atom stereocenters. The smallest absolute Gasteiger partial charge is 0.146 e. The van der Waals surface area contributed by atoms with Crippen LogP contribution in [0.25, 0.3) is 0 Å². The third kappa shape index (κ3) is 2.39. The first-order valence-corrected chi connectivity index (χ1v) is 4.97. The van der Waals surface area contributed by atoms with E-state index in [1.807, 2.05) is 0 Å². The molecule has 0 aliphatic carbocycles. The number of methoxy groups -OCH3 is 1. The topological polar surface area (TPSA) is 30.5 Å². The van der Waals surface area contributed by atoms with Crippen LogP contribution in [-0.2, 0) is 4.74 Å². The predicted octanol–water partition coefficient (Wildman–Crippen LogP) is 2.04. The number of rotatable bonds is 3. The van der Waals surface area contributed by atoms with Gasteiger partial charge in [-0.3, -0.25) is 0 Å². The second kappa shape index (κ2) is 4.49. The molecule has 0 radical (unpaired) electrons. The van der Waals surface area contributed by atoms with Gasteiger partial charge in [-0.05, 0) is 18.6 Å². The highest BCUT2D eigenvalue weighted by Crippen LogP contribution is 2.23. The van der Waals surface area contributed by atoms with Gasteiger partial charge in [0, 0.05) is 12.7 Å². The van der Waals surface area contributed by atoms with Crippen LogP contribution < -0.4 is 10.1 Å². The Hall–Kier alpha value is -1.29. The fourth-order valence-corrected chi connectivity index (χ4v) is 1.61. The molecule has 4 heteroatoms. The molecule has 0 bridgehead atoms. The standard InChI is InChI=1S/C11H14FNO2/c1-14-9-2-3-10(12)11(6-9)13-8-4-5-15-7-8/h2-3,6,8,13H,4-5,7H2,1H3. The van der Waals surface area contributed by atoms with Crippen LogP contribution in [0.4, 0.5) is 10.1 Å². The fraction of sp³-hybridized carbons (Fsp3) is 0.455. The van der Waals surface area contributed by atoms with Gasteiger partial charge >= 0.3 is 0 Å². The highest BCUT2D eigenvalue weighted by Gasteiger charge is 2.16. The van der Waals surface area contributed by atoms with Gasteiger partial charge in [0.25, 0.3) is 0 Å². The summed E-state index contributed by atoms with van der Waals surface area (Å²) >= 11 is 0. The first kappa shape index (κ1) is 10.2. The van der Waals surface area contributed by atoms with Crippen molar-refractivity contribution < 1.29 is 13.9 Å². The number of halogens is 1. The van der Waals surface area contributed by atoms with Gasteiger partial charge in [0.1, 0.15) is 11.6 Å². The first-order chi connectivity index (χ1) is 7.29. The van der Waals surface area contributed by atoms with E-state index < -0.39 is 0 Å². The third-order valence-electron chi connectivity index (χ3n) is 2.46. The minimum atomic E-state index is -0.261. The van der Waals surface area contributed by atoms with Gasteiger partial charge < -0.3 is 14.8 Å². The Bertz CT molecular complexity index is 337. The Morgan fingerprint density at radius 2 is 2.40 bits per heavy atom. The van der Waals surface area contributed by atoms with Crippen molar-refractivity contribution in [2.75, 3.05) is 25.6 Å². The van der Waals surface area contributed by atoms with Crippen LogP contribution in [-0.4, -0.2) is 26.4 Å². The zero-order valence-electron chi connectivity index (χ0n) is 8.63. The zero-order valence-corrected chi connectivity index (χ0v) is 8.63. The number of hydrogen-bond donors (Lipinski definition) is 1. The lowest BCUT2D eigenvalue weighted by molar-refractivity contribution is 0.195. The van der Waals surface area contributed by atoms with Crippen LogP contribution in [0.3, 0.4) is 0 Å². The first-order valence-electron chi connectivity index (χ1n) is 4.97. The Labute approximate surface area is 88.2 Å². The molecule has 0 saturated carbocycles. The Balaban J connectivity index is 2.11. The molecule has 2 rings (SSSR count). The van der Waals surface area contributed by atoms with Crippen LogP contribution >= 0.6 is 0 Å². The summed E-state index contributed by atoms with van der Waals surface area (Å²) in [6.07, 6.45) is 0.913. The predicted molar refractivity (Wildman–Crippen MR) is 55.8 cm³/mol. The van der Waals surface area contributed by atoms with Crippen LogP contribution in [0.2, 0.25) is 0 Å². The lowest BCUT2D eigenvalue weighted by atomic mass is 10.2. The SMILES string of the molecule is COc1ccc(F)c(NC2CCOC2)c1. The van der Waals surface area contributed by atoms with E-state index in [-0.39, 0.29) is 11.9 Å². The van der Waals surface area contributed by atoms with E-state index in [1.54, 1.807) is 19.2 Å². The van der Waals surface area contributed by atoms with Gasteiger partial charge in [-0.15, -0.1) is 0 Å². The summed E-state index contributed by atoms with van der Waals surface area (Å²) in [6.45, 7) is 1.37. The minimum absolute atomic E-state index is 0.201. The molecule has 0 spiro atoms. The Morgan fingerprint density at radius 1 is 1.53 bits per heavy atom. The van der Waals surface area contributed by atoms with Gasteiger partial charge in [-0.2, -0.15) is 0 Å². The van der Waals surface area contributed by atoms with Gasteiger partial charge in [0.15, 0.2) is 0 Å². The van der Waals surface area contributed by atoms with E-state index in [1.165, 1.54) is 6.07 Å². The molecule has 1 aromatic carbocycles. The summed E-state index contributed by atoms with van der Waals surface area (Å²) < 4.78 is 23.6. The molecule has 82 valence electrons. The van der Waals surface area contributed by atoms with Gasteiger partial charge in [-0.1, -0.05) is 0 Å². The van der Waals surface area contributed by atoms with Crippen LogP contribution in [0.15, 0.2) is 18.2 Å². The van der Waals surface area contributed by atoms with Crippen molar-refractivity contribution in [1.29, 1.82) is 0 Å². The molecule has 1 aliphatic heterocycles. The number of hydrogen-bond acceptors (Lipinski definition) is 3. The van der Waals surface area contributed by atoms with Crippen molar-refractivity contribution in [2.45, 2.75) is 12.5 Å². The maximum Gasteiger partial charge on any atom is 0.146 e. The molecule has 0 amide bonds. The summed E-state index contributed by atoms with van der Waals surface area (Å²) in [4.78, 5) is 0. The molecule has 1 N–H and O–H groups in total. The number of benzene rings is 1. The molecular formula is C11H14FNO2. The number of anilines is 1. The van der Waals surface area contributed by atoms with Crippen LogP contribution in [0, 0.1) is 5.82 Å². The molecule has 1 saturated heterocycles. The molecular weight excluding hydrogens is 197 g/mol. The molecule has 1 aromatic rings. The zero-order chi connectivity index (χ0) is 10.7. The average molecular weight is 211 g/mol. The van der Waals surface area contributed by atoms with E-state index in [0.717, 1.165) is 13.0 Å². The second-order valence-corrected chi connectivity index (χ2v) is 3.55. The van der Waals surface area contributed by atoms with E-state index in [2.05, 4.69) is 5.32 Å². The largest absolute Gasteiger partial charge is 0.497 e. The summed E-state index contributed by atoms with van der Waals surface area (Å²) in [7, 11) is 1.57.